The van der Waals surface area contributed by atoms with E-state index in [0.717, 1.165) is 11.1 Å². The largest absolute Gasteiger partial charge is 0.507 e. The summed E-state index contributed by atoms with van der Waals surface area (Å²) in [4.78, 5) is 32.0. The Morgan fingerprint density at radius 1 is 1.12 bits per heavy atom. The third-order valence-electron chi connectivity index (χ3n) is 5.70. The number of aliphatic hydroxyl groups excluding tert-OH is 1. The molecule has 174 valence electrons. The molecule has 0 saturated carbocycles. The van der Waals surface area contributed by atoms with Crippen molar-refractivity contribution in [2.75, 3.05) is 14.2 Å². The highest BCUT2D eigenvalue weighted by molar-refractivity contribution is 6.46. The number of aliphatic hydroxyl groups is 1. The standard InChI is InChI=1S/C26H23ClN2O5/c1-15-11-19(25(34-3)20(27)12-15)23(30)21-22(17-5-4-10-28-13-17)29(26(32)24(21)31)14-16-6-8-18(33-2)9-7-16/h4-13,22,30H,14H2,1-3H3/b23-21+. The first kappa shape index (κ1) is 23.3. The Labute approximate surface area is 202 Å². The van der Waals surface area contributed by atoms with Gasteiger partial charge in [-0.05, 0) is 53.9 Å². The number of aryl methyl sites for hydroxylation is 1. The molecule has 1 aromatic heterocycles. The Bertz CT molecular complexity index is 1270. The zero-order chi connectivity index (χ0) is 24.4. The monoisotopic (exact) mass is 478 g/mol. The number of carbonyl (C=O) groups excluding carboxylic acids is 2. The zero-order valence-electron chi connectivity index (χ0n) is 18.9. The van der Waals surface area contributed by atoms with Gasteiger partial charge in [0, 0.05) is 18.9 Å². The maximum Gasteiger partial charge on any atom is 0.295 e. The molecule has 0 radical (unpaired) electrons. The number of ketones is 1. The number of Topliss-reactive ketones (excluding diaryl/α,β-unsaturated/α-hetero) is 1. The highest BCUT2D eigenvalue weighted by atomic mass is 35.5. The van der Waals surface area contributed by atoms with Crippen molar-refractivity contribution in [2.45, 2.75) is 19.5 Å². The number of hydrogen-bond donors (Lipinski definition) is 1. The Hall–Kier alpha value is -3.84. The smallest absolute Gasteiger partial charge is 0.295 e. The first-order valence-electron chi connectivity index (χ1n) is 10.5. The number of hydrogen-bond acceptors (Lipinski definition) is 6. The number of methoxy groups -OCH3 is 2. The lowest BCUT2D eigenvalue weighted by Gasteiger charge is -2.25. The van der Waals surface area contributed by atoms with Crippen LogP contribution in [0.2, 0.25) is 5.02 Å². The molecule has 1 aliphatic heterocycles. The van der Waals surface area contributed by atoms with Crippen molar-refractivity contribution in [3.05, 3.63) is 93.8 Å². The van der Waals surface area contributed by atoms with E-state index in [1.807, 2.05) is 19.1 Å². The molecular formula is C26H23ClN2O5. The summed E-state index contributed by atoms with van der Waals surface area (Å²) in [5.41, 5.74) is 2.34. The van der Waals surface area contributed by atoms with Crippen molar-refractivity contribution in [2.24, 2.45) is 0 Å². The first-order chi connectivity index (χ1) is 16.3. The third-order valence-corrected chi connectivity index (χ3v) is 5.98. The normalized spacial score (nSPS) is 17.2. The van der Waals surface area contributed by atoms with E-state index in [1.54, 1.807) is 55.9 Å². The number of carbonyl (C=O) groups is 2. The Kier molecular flexibility index (Phi) is 6.56. The van der Waals surface area contributed by atoms with Gasteiger partial charge in [0.2, 0.25) is 0 Å². The summed E-state index contributed by atoms with van der Waals surface area (Å²) in [5, 5.41) is 11.6. The molecule has 1 amide bonds. The van der Waals surface area contributed by atoms with E-state index in [1.165, 1.54) is 12.0 Å². The van der Waals surface area contributed by atoms with Gasteiger partial charge in [-0.3, -0.25) is 14.6 Å². The van der Waals surface area contributed by atoms with Crippen LogP contribution >= 0.6 is 11.6 Å². The molecule has 1 N–H and O–H groups in total. The molecule has 1 saturated heterocycles. The van der Waals surface area contributed by atoms with Crippen LogP contribution in [-0.4, -0.2) is 40.9 Å². The number of nitrogens with zero attached hydrogens (tertiary/aromatic N) is 2. The molecule has 2 aromatic carbocycles. The van der Waals surface area contributed by atoms with Crippen LogP contribution in [0.5, 0.6) is 11.5 Å². The van der Waals surface area contributed by atoms with E-state index in [4.69, 9.17) is 21.1 Å². The molecule has 8 heteroatoms. The second-order valence-electron chi connectivity index (χ2n) is 7.89. The van der Waals surface area contributed by atoms with Crippen molar-refractivity contribution in [1.82, 2.24) is 9.88 Å². The average Bonchev–Trinajstić information content (AvgIpc) is 3.09. The fraction of sp³-hybridized carbons (Fsp3) is 0.192. The van der Waals surface area contributed by atoms with Crippen LogP contribution in [0, 0.1) is 6.92 Å². The summed E-state index contributed by atoms with van der Waals surface area (Å²) in [5.74, 6) is -0.968. The predicted octanol–water partition coefficient (Wildman–Crippen LogP) is 4.68. The summed E-state index contributed by atoms with van der Waals surface area (Å²) in [7, 11) is 3.00. The van der Waals surface area contributed by atoms with E-state index >= 15 is 0 Å². The van der Waals surface area contributed by atoms with Gasteiger partial charge in [-0.2, -0.15) is 0 Å². The molecular weight excluding hydrogens is 456 g/mol. The van der Waals surface area contributed by atoms with Gasteiger partial charge >= 0.3 is 0 Å². The van der Waals surface area contributed by atoms with Crippen molar-refractivity contribution in [1.29, 1.82) is 0 Å². The molecule has 0 bridgehead atoms. The van der Waals surface area contributed by atoms with E-state index in [9.17, 15) is 14.7 Å². The van der Waals surface area contributed by atoms with Gasteiger partial charge in [0.05, 0.1) is 36.4 Å². The van der Waals surface area contributed by atoms with Crippen molar-refractivity contribution < 1.29 is 24.2 Å². The quantitative estimate of drug-likeness (QED) is 0.314. The van der Waals surface area contributed by atoms with Crippen molar-refractivity contribution in [3.8, 4) is 11.5 Å². The molecule has 1 atom stereocenters. The number of amides is 1. The lowest BCUT2D eigenvalue weighted by molar-refractivity contribution is -0.140. The first-order valence-corrected chi connectivity index (χ1v) is 10.9. The Balaban J connectivity index is 1.88. The number of ether oxygens (including phenoxy) is 2. The van der Waals surface area contributed by atoms with Crippen molar-refractivity contribution >= 4 is 29.1 Å². The minimum absolute atomic E-state index is 0.0496. The van der Waals surface area contributed by atoms with Gasteiger partial charge in [-0.15, -0.1) is 0 Å². The summed E-state index contributed by atoms with van der Waals surface area (Å²) in [6.45, 7) is 1.96. The van der Waals surface area contributed by atoms with Gasteiger partial charge in [0.15, 0.2) is 0 Å². The fourth-order valence-electron chi connectivity index (χ4n) is 4.11. The molecule has 1 unspecified atom stereocenters. The van der Waals surface area contributed by atoms with Crippen LogP contribution < -0.4 is 9.47 Å². The lowest BCUT2D eigenvalue weighted by atomic mass is 9.95. The summed E-state index contributed by atoms with van der Waals surface area (Å²) >= 11 is 6.32. The molecule has 34 heavy (non-hydrogen) atoms. The predicted molar refractivity (Wildman–Crippen MR) is 128 cm³/mol. The number of halogens is 1. The minimum Gasteiger partial charge on any atom is -0.507 e. The fourth-order valence-corrected chi connectivity index (χ4v) is 4.46. The molecule has 1 fully saturated rings. The van der Waals surface area contributed by atoms with Gasteiger partial charge in [0.25, 0.3) is 11.7 Å². The van der Waals surface area contributed by atoms with Crippen LogP contribution in [0.1, 0.15) is 28.3 Å². The number of pyridine rings is 1. The molecule has 2 heterocycles. The van der Waals surface area contributed by atoms with Gasteiger partial charge < -0.3 is 19.5 Å². The van der Waals surface area contributed by atoms with Gasteiger partial charge in [0.1, 0.15) is 17.3 Å². The van der Waals surface area contributed by atoms with E-state index in [2.05, 4.69) is 4.98 Å². The zero-order valence-corrected chi connectivity index (χ0v) is 19.7. The topological polar surface area (TPSA) is 89.0 Å². The molecule has 1 aliphatic rings. The molecule has 0 aliphatic carbocycles. The van der Waals surface area contributed by atoms with Gasteiger partial charge in [-0.1, -0.05) is 29.8 Å². The minimum atomic E-state index is -0.847. The van der Waals surface area contributed by atoms with Crippen LogP contribution in [0.4, 0.5) is 0 Å². The van der Waals surface area contributed by atoms with E-state index in [-0.39, 0.29) is 34.2 Å². The maximum atomic E-state index is 13.3. The average molecular weight is 479 g/mol. The summed E-state index contributed by atoms with van der Waals surface area (Å²) < 4.78 is 10.6. The summed E-state index contributed by atoms with van der Waals surface area (Å²) in [6, 6.07) is 13.2. The van der Waals surface area contributed by atoms with Gasteiger partial charge in [-0.25, -0.2) is 0 Å². The summed E-state index contributed by atoms with van der Waals surface area (Å²) in [6.07, 6.45) is 3.17. The van der Waals surface area contributed by atoms with Crippen LogP contribution in [0.25, 0.3) is 5.76 Å². The number of rotatable bonds is 6. The number of benzene rings is 2. The Morgan fingerprint density at radius 2 is 1.85 bits per heavy atom. The van der Waals surface area contributed by atoms with Crippen molar-refractivity contribution in [3.63, 3.8) is 0 Å². The van der Waals surface area contributed by atoms with Crippen LogP contribution in [-0.2, 0) is 16.1 Å². The second-order valence-corrected chi connectivity index (χ2v) is 8.30. The second kappa shape index (κ2) is 9.57. The SMILES string of the molecule is COc1ccc(CN2C(=O)C(=O)/C(=C(/O)c3cc(C)cc(Cl)c3OC)C2c2cccnc2)cc1. The van der Waals surface area contributed by atoms with E-state index < -0.39 is 17.7 Å². The molecule has 3 aromatic rings. The van der Waals surface area contributed by atoms with Crippen LogP contribution in [0.3, 0.4) is 0 Å². The lowest BCUT2D eigenvalue weighted by Crippen LogP contribution is -2.29. The highest BCUT2D eigenvalue weighted by Crippen LogP contribution is 2.43. The number of likely N-dealkylation sites (tertiary alicyclic amines) is 1. The maximum absolute atomic E-state index is 13.3. The molecule has 7 nitrogen and oxygen atoms in total. The highest BCUT2D eigenvalue weighted by Gasteiger charge is 2.46. The third kappa shape index (κ3) is 4.22. The molecule has 0 spiro atoms. The van der Waals surface area contributed by atoms with E-state index in [0.29, 0.717) is 11.3 Å². The number of aromatic nitrogens is 1. The Morgan fingerprint density at radius 3 is 2.47 bits per heavy atom. The van der Waals surface area contributed by atoms with Crippen LogP contribution in [0.15, 0.2) is 66.5 Å². The molecule has 4 rings (SSSR count).